The first-order valence-corrected chi connectivity index (χ1v) is 6.94. The van der Waals surface area contributed by atoms with Gasteiger partial charge < -0.3 is 0 Å². The number of nitrogens with zero attached hydrogens (tertiary/aromatic N) is 3. The number of hydrogen-bond acceptors (Lipinski definition) is 3. The highest BCUT2D eigenvalue weighted by molar-refractivity contribution is 9.10. The number of aromatic nitrogens is 2. The van der Waals surface area contributed by atoms with Gasteiger partial charge in [0.2, 0.25) is 6.08 Å². The molecule has 0 amide bonds. The summed E-state index contributed by atoms with van der Waals surface area (Å²) in [5.74, 6) is 0. The molecule has 5 heteroatoms. The number of carbonyl (C=O) groups excluding carboxylic acids is 1. The average Bonchev–Trinajstić information content (AvgIpc) is 2.87. The van der Waals surface area contributed by atoms with Crippen LogP contribution in [0.3, 0.4) is 0 Å². The molecule has 0 bridgehead atoms. The van der Waals surface area contributed by atoms with Crippen LogP contribution in [0, 0.1) is 0 Å². The Morgan fingerprint density at radius 1 is 1.42 bits per heavy atom. The van der Waals surface area contributed by atoms with Gasteiger partial charge in [-0.25, -0.2) is 9.48 Å². The second kappa shape index (κ2) is 4.76. The van der Waals surface area contributed by atoms with Crippen molar-refractivity contribution in [2.75, 3.05) is 0 Å². The molecular weight excluding hydrogens is 306 g/mol. The highest BCUT2D eigenvalue weighted by Gasteiger charge is 2.39. The summed E-state index contributed by atoms with van der Waals surface area (Å²) < 4.78 is 2.74. The molecule has 3 rings (SSSR count). The zero-order valence-electron chi connectivity index (χ0n) is 10.2. The van der Waals surface area contributed by atoms with Gasteiger partial charge in [0.1, 0.15) is 0 Å². The fourth-order valence-electron chi connectivity index (χ4n) is 2.46. The van der Waals surface area contributed by atoms with E-state index in [-0.39, 0.29) is 5.54 Å². The molecule has 0 spiro atoms. The summed E-state index contributed by atoms with van der Waals surface area (Å²) in [4.78, 5) is 14.6. The lowest BCUT2D eigenvalue weighted by atomic mass is 9.72. The summed E-state index contributed by atoms with van der Waals surface area (Å²) in [5, 5.41) is 4.21. The van der Waals surface area contributed by atoms with E-state index >= 15 is 0 Å². The SMILES string of the molecule is O=C=NC1(c2ccc(-n3cccn3)c(Br)c2)CCC1. The number of hydrogen-bond donors (Lipinski definition) is 0. The summed E-state index contributed by atoms with van der Waals surface area (Å²) in [6.45, 7) is 0. The Morgan fingerprint density at radius 2 is 2.26 bits per heavy atom. The zero-order chi connectivity index (χ0) is 13.3. The summed E-state index contributed by atoms with van der Waals surface area (Å²) in [6, 6.07) is 7.91. The molecule has 1 aliphatic rings. The standard InChI is InChI=1S/C14H12BrN3O/c15-12-9-11(14(16-10-19)5-1-6-14)3-4-13(12)18-8-2-7-17-18/h2-4,7-9H,1,5-6H2. The highest BCUT2D eigenvalue weighted by Crippen LogP contribution is 2.45. The first-order chi connectivity index (χ1) is 9.25. The third kappa shape index (κ3) is 2.05. The quantitative estimate of drug-likeness (QED) is 0.643. The minimum absolute atomic E-state index is 0.354. The van der Waals surface area contributed by atoms with Crippen LogP contribution in [-0.2, 0) is 10.3 Å². The third-order valence-electron chi connectivity index (χ3n) is 3.68. The molecule has 2 aromatic rings. The summed E-state index contributed by atoms with van der Waals surface area (Å²) in [7, 11) is 0. The highest BCUT2D eigenvalue weighted by atomic mass is 79.9. The fraction of sp³-hybridized carbons (Fsp3) is 0.286. The molecule has 0 N–H and O–H groups in total. The molecule has 1 aliphatic carbocycles. The van der Waals surface area contributed by atoms with Gasteiger partial charge in [-0.3, -0.25) is 0 Å². The van der Waals surface area contributed by atoms with Crippen molar-refractivity contribution in [2.45, 2.75) is 24.8 Å². The predicted molar refractivity (Wildman–Crippen MR) is 74.9 cm³/mol. The monoisotopic (exact) mass is 317 g/mol. The van der Waals surface area contributed by atoms with Gasteiger partial charge in [-0.15, -0.1) is 0 Å². The predicted octanol–water partition coefficient (Wildman–Crippen LogP) is 3.35. The largest absolute Gasteiger partial charge is 0.240 e. The van der Waals surface area contributed by atoms with Crippen LogP contribution < -0.4 is 0 Å². The summed E-state index contributed by atoms with van der Waals surface area (Å²) in [5.41, 5.74) is 1.68. The molecule has 96 valence electrons. The van der Waals surface area contributed by atoms with Crippen molar-refractivity contribution < 1.29 is 4.79 Å². The van der Waals surface area contributed by atoms with E-state index in [0.717, 1.165) is 35.0 Å². The molecule has 19 heavy (non-hydrogen) atoms. The maximum absolute atomic E-state index is 10.6. The van der Waals surface area contributed by atoms with Crippen LogP contribution in [0.25, 0.3) is 5.69 Å². The van der Waals surface area contributed by atoms with E-state index in [2.05, 4.69) is 26.0 Å². The Balaban J connectivity index is 2.02. The van der Waals surface area contributed by atoms with E-state index in [0.29, 0.717) is 0 Å². The summed E-state index contributed by atoms with van der Waals surface area (Å²) >= 11 is 3.56. The smallest absolute Gasteiger partial charge is 0.235 e. The maximum atomic E-state index is 10.6. The first-order valence-electron chi connectivity index (χ1n) is 6.14. The Kier molecular flexibility index (Phi) is 3.09. The van der Waals surface area contributed by atoms with Crippen molar-refractivity contribution in [1.29, 1.82) is 0 Å². The van der Waals surface area contributed by atoms with Crippen molar-refractivity contribution in [2.24, 2.45) is 4.99 Å². The molecule has 0 unspecified atom stereocenters. The lowest BCUT2D eigenvalue weighted by molar-refractivity contribution is 0.256. The van der Waals surface area contributed by atoms with Crippen LogP contribution >= 0.6 is 15.9 Å². The van der Waals surface area contributed by atoms with Crippen molar-refractivity contribution in [3.8, 4) is 5.69 Å². The van der Waals surface area contributed by atoms with E-state index < -0.39 is 0 Å². The molecule has 0 aliphatic heterocycles. The number of benzene rings is 1. The maximum Gasteiger partial charge on any atom is 0.235 e. The fourth-order valence-corrected chi connectivity index (χ4v) is 3.02. The van der Waals surface area contributed by atoms with Crippen molar-refractivity contribution in [3.05, 3.63) is 46.7 Å². The van der Waals surface area contributed by atoms with Crippen LogP contribution in [0.4, 0.5) is 0 Å². The van der Waals surface area contributed by atoms with Gasteiger partial charge >= 0.3 is 0 Å². The number of halogens is 1. The van der Waals surface area contributed by atoms with Gasteiger partial charge in [0, 0.05) is 16.9 Å². The average molecular weight is 318 g/mol. The van der Waals surface area contributed by atoms with E-state index in [1.807, 2.05) is 30.5 Å². The minimum atomic E-state index is -0.354. The summed E-state index contributed by atoms with van der Waals surface area (Å²) in [6.07, 6.45) is 8.27. The van der Waals surface area contributed by atoms with Crippen molar-refractivity contribution >= 4 is 22.0 Å². The second-order valence-electron chi connectivity index (χ2n) is 4.71. The van der Waals surface area contributed by atoms with Crippen molar-refractivity contribution in [1.82, 2.24) is 9.78 Å². The van der Waals surface area contributed by atoms with Gasteiger partial charge in [0.05, 0.1) is 11.2 Å². The molecule has 0 saturated heterocycles. The van der Waals surface area contributed by atoms with Crippen LogP contribution in [0.1, 0.15) is 24.8 Å². The lowest BCUT2D eigenvalue weighted by Crippen LogP contribution is -2.31. The van der Waals surface area contributed by atoms with E-state index in [9.17, 15) is 4.79 Å². The van der Waals surface area contributed by atoms with Crippen LogP contribution in [-0.4, -0.2) is 15.9 Å². The second-order valence-corrected chi connectivity index (χ2v) is 5.56. The molecule has 1 fully saturated rings. The third-order valence-corrected chi connectivity index (χ3v) is 4.31. The molecular formula is C14H12BrN3O. The van der Waals surface area contributed by atoms with E-state index in [1.165, 1.54) is 0 Å². The van der Waals surface area contributed by atoms with Crippen LogP contribution in [0.2, 0.25) is 0 Å². The molecule has 4 nitrogen and oxygen atoms in total. The van der Waals surface area contributed by atoms with Crippen molar-refractivity contribution in [3.63, 3.8) is 0 Å². The Hall–Kier alpha value is -1.71. The van der Waals surface area contributed by atoms with E-state index in [1.54, 1.807) is 17.0 Å². The molecule has 0 atom stereocenters. The number of isocyanates is 1. The molecule has 1 aromatic heterocycles. The van der Waals surface area contributed by atoms with Gasteiger partial charge in [-0.2, -0.15) is 10.1 Å². The van der Waals surface area contributed by atoms with Gasteiger partial charge in [-0.05, 0) is 59.0 Å². The molecule has 0 radical (unpaired) electrons. The van der Waals surface area contributed by atoms with Crippen LogP contribution in [0.5, 0.6) is 0 Å². The minimum Gasteiger partial charge on any atom is -0.240 e. The normalized spacial score (nSPS) is 16.5. The van der Waals surface area contributed by atoms with Gasteiger partial charge in [-0.1, -0.05) is 6.07 Å². The van der Waals surface area contributed by atoms with E-state index in [4.69, 9.17) is 0 Å². The Bertz CT molecular complexity index is 641. The van der Waals surface area contributed by atoms with Gasteiger partial charge in [0.15, 0.2) is 0 Å². The molecule has 1 saturated carbocycles. The zero-order valence-corrected chi connectivity index (χ0v) is 11.8. The molecule has 1 heterocycles. The van der Waals surface area contributed by atoms with Gasteiger partial charge in [0.25, 0.3) is 0 Å². The topological polar surface area (TPSA) is 47.2 Å². The number of aliphatic imine (C=N–C) groups is 1. The molecule has 1 aromatic carbocycles. The first kappa shape index (κ1) is 12.3. The lowest BCUT2D eigenvalue weighted by Gasteiger charge is -2.37. The van der Waals surface area contributed by atoms with Crippen LogP contribution in [0.15, 0.2) is 46.1 Å². The Morgan fingerprint density at radius 3 is 2.79 bits per heavy atom. The Labute approximate surface area is 119 Å². The number of rotatable bonds is 3.